The number of aliphatic hydroxyl groups is 1. The van der Waals surface area contributed by atoms with Crippen molar-refractivity contribution >= 4 is 5.97 Å². The van der Waals surface area contributed by atoms with Gasteiger partial charge in [0.15, 0.2) is 0 Å². The minimum Gasteiger partial charge on any atom is -0.469 e. The van der Waals surface area contributed by atoms with Crippen molar-refractivity contribution in [2.75, 3.05) is 7.11 Å². The summed E-state index contributed by atoms with van der Waals surface area (Å²) in [5.74, 6) is -0.690. The standard InChI is InChI=1S/C19H20O3/c1-13(20)19(15-11-7-4-8-12-15)16(17(19)18(21)22-2)14-9-5-3-6-10-14/h3-13,16-17,20H,1-2H3/t13-,16-,17+,19+/m1/s1. The fourth-order valence-electron chi connectivity index (χ4n) is 3.84. The van der Waals surface area contributed by atoms with E-state index in [2.05, 4.69) is 0 Å². The number of hydrogen-bond acceptors (Lipinski definition) is 3. The van der Waals surface area contributed by atoms with E-state index in [-0.39, 0.29) is 17.8 Å². The maximum atomic E-state index is 12.3. The lowest BCUT2D eigenvalue weighted by atomic mass is 9.85. The Hall–Kier alpha value is -2.13. The van der Waals surface area contributed by atoms with Crippen LogP contribution < -0.4 is 0 Å². The van der Waals surface area contributed by atoms with Gasteiger partial charge in [0, 0.05) is 11.3 Å². The Morgan fingerprint density at radius 3 is 2.14 bits per heavy atom. The van der Waals surface area contributed by atoms with Crippen molar-refractivity contribution in [3.8, 4) is 0 Å². The van der Waals surface area contributed by atoms with Crippen molar-refractivity contribution in [1.82, 2.24) is 0 Å². The highest BCUT2D eigenvalue weighted by Crippen LogP contribution is 2.67. The normalized spacial score (nSPS) is 28.0. The van der Waals surface area contributed by atoms with E-state index in [9.17, 15) is 9.90 Å². The fourth-order valence-corrected chi connectivity index (χ4v) is 3.84. The zero-order chi connectivity index (χ0) is 15.7. The summed E-state index contributed by atoms with van der Waals surface area (Å²) in [6.07, 6.45) is -0.649. The van der Waals surface area contributed by atoms with Crippen molar-refractivity contribution in [2.24, 2.45) is 5.92 Å². The average Bonchev–Trinajstić information content (AvgIpc) is 3.27. The molecule has 3 rings (SSSR count). The minimum atomic E-state index is -0.649. The van der Waals surface area contributed by atoms with Gasteiger partial charge in [0.1, 0.15) is 0 Å². The van der Waals surface area contributed by atoms with E-state index in [4.69, 9.17) is 4.74 Å². The Bertz CT molecular complexity index is 651. The molecule has 4 atom stereocenters. The van der Waals surface area contributed by atoms with Crippen LogP contribution in [0.1, 0.15) is 24.0 Å². The first-order valence-electron chi connectivity index (χ1n) is 7.50. The molecule has 1 fully saturated rings. The molecular weight excluding hydrogens is 276 g/mol. The number of rotatable bonds is 4. The molecular formula is C19H20O3. The van der Waals surface area contributed by atoms with Gasteiger partial charge in [-0.15, -0.1) is 0 Å². The molecule has 1 aliphatic rings. The summed E-state index contributed by atoms with van der Waals surface area (Å²) >= 11 is 0. The first kappa shape index (κ1) is 14.8. The topological polar surface area (TPSA) is 46.5 Å². The molecule has 0 bridgehead atoms. The lowest BCUT2D eigenvalue weighted by molar-refractivity contribution is -0.143. The second-order valence-corrected chi connectivity index (χ2v) is 5.86. The van der Waals surface area contributed by atoms with Gasteiger partial charge in [0.25, 0.3) is 0 Å². The molecule has 2 aromatic rings. The monoisotopic (exact) mass is 296 g/mol. The van der Waals surface area contributed by atoms with Gasteiger partial charge in [-0.1, -0.05) is 60.7 Å². The number of esters is 1. The molecule has 1 N–H and O–H groups in total. The van der Waals surface area contributed by atoms with Gasteiger partial charge in [-0.05, 0) is 18.1 Å². The Balaban J connectivity index is 2.13. The van der Waals surface area contributed by atoms with Crippen LogP contribution in [0.15, 0.2) is 60.7 Å². The van der Waals surface area contributed by atoms with E-state index >= 15 is 0 Å². The summed E-state index contributed by atoms with van der Waals surface area (Å²) in [5.41, 5.74) is 1.42. The number of benzene rings is 2. The Morgan fingerprint density at radius 2 is 1.64 bits per heavy atom. The zero-order valence-electron chi connectivity index (χ0n) is 12.8. The van der Waals surface area contributed by atoms with Crippen LogP contribution in [0.25, 0.3) is 0 Å². The molecule has 114 valence electrons. The van der Waals surface area contributed by atoms with Crippen molar-refractivity contribution < 1.29 is 14.6 Å². The van der Waals surface area contributed by atoms with E-state index < -0.39 is 11.5 Å². The summed E-state index contributed by atoms with van der Waals surface area (Å²) in [7, 11) is 1.40. The van der Waals surface area contributed by atoms with Crippen molar-refractivity contribution in [2.45, 2.75) is 24.4 Å². The SMILES string of the molecule is COC(=O)[C@@H]1[C@@H](c2ccccc2)[C@@]1(c1ccccc1)[C@@H](C)O. The highest BCUT2D eigenvalue weighted by atomic mass is 16.5. The van der Waals surface area contributed by atoms with Gasteiger partial charge in [0.2, 0.25) is 0 Å². The Kier molecular flexibility index (Phi) is 3.75. The number of ether oxygens (including phenoxy) is 1. The molecule has 1 saturated carbocycles. The van der Waals surface area contributed by atoms with Crippen LogP contribution in [-0.2, 0) is 14.9 Å². The van der Waals surface area contributed by atoms with Gasteiger partial charge in [0.05, 0.1) is 19.1 Å². The van der Waals surface area contributed by atoms with Crippen LogP contribution in [0.2, 0.25) is 0 Å². The van der Waals surface area contributed by atoms with Crippen LogP contribution in [-0.4, -0.2) is 24.3 Å². The predicted molar refractivity (Wildman–Crippen MR) is 84.5 cm³/mol. The summed E-state index contributed by atoms with van der Waals surface area (Å²) < 4.78 is 5.00. The van der Waals surface area contributed by atoms with Gasteiger partial charge < -0.3 is 9.84 Å². The van der Waals surface area contributed by atoms with E-state index in [1.54, 1.807) is 6.92 Å². The predicted octanol–water partition coefficient (Wildman–Crippen LogP) is 2.89. The average molecular weight is 296 g/mol. The van der Waals surface area contributed by atoms with Gasteiger partial charge in [-0.2, -0.15) is 0 Å². The molecule has 0 heterocycles. The molecule has 0 saturated heterocycles. The minimum absolute atomic E-state index is 0.0662. The molecule has 0 aromatic heterocycles. The molecule has 0 unspecified atom stereocenters. The highest BCUT2D eigenvalue weighted by Gasteiger charge is 2.72. The van der Waals surface area contributed by atoms with Gasteiger partial charge >= 0.3 is 5.97 Å². The van der Waals surface area contributed by atoms with E-state index in [0.29, 0.717) is 0 Å². The molecule has 22 heavy (non-hydrogen) atoms. The second kappa shape index (κ2) is 5.58. The van der Waals surface area contributed by atoms with Crippen molar-refractivity contribution in [3.63, 3.8) is 0 Å². The third-order valence-corrected chi connectivity index (χ3v) is 4.83. The quantitative estimate of drug-likeness (QED) is 0.883. The summed E-state index contributed by atoms with van der Waals surface area (Å²) in [5, 5.41) is 10.5. The zero-order valence-corrected chi connectivity index (χ0v) is 12.8. The van der Waals surface area contributed by atoms with Crippen LogP contribution >= 0.6 is 0 Å². The van der Waals surface area contributed by atoms with Crippen molar-refractivity contribution in [1.29, 1.82) is 0 Å². The Morgan fingerprint density at radius 1 is 1.09 bits per heavy atom. The second-order valence-electron chi connectivity index (χ2n) is 5.86. The fraction of sp³-hybridized carbons (Fsp3) is 0.316. The number of carbonyl (C=O) groups is 1. The molecule has 0 aliphatic heterocycles. The summed E-state index contributed by atoms with van der Waals surface area (Å²) in [4.78, 5) is 12.3. The largest absolute Gasteiger partial charge is 0.469 e. The molecule has 0 radical (unpaired) electrons. The number of carbonyl (C=O) groups excluding carboxylic acids is 1. The molecule has 1 aliphatic carbocycles. The van der Waals surface area contributed by atoms with Crippen LogP contribution in [0.5, 0.6) is 0 Å². The highest BCUT2D eigenvalue weighted by molar-refractivity contribution is 5.83. The van der Waals surface area contributed by atoms with Crippen molar-refractivity contribution in [3.05, 3.63) is 71.8 Å². The third kappa shape index (κ3) is 2.04. The molecule has 3 heteroatoms. The van der Waals surface area contributed by atoms with Crippen LogP contribution in [0.3, 0.4) is 0 Å². The van der Waals surface area contributed by atoms with Crippen LogP contribution in [0, 0.1) is 5.92 Å². The van der Waals surface area contributed by atoms with Gasteiger partial charge in [-0.3, -0.25) is 4.79 Å². The molecule has 2 aromatic carbocycles. The summed E-state index contributed by atoms with van der Waals surface area (Å²) in [6.45, 7) is 1.76. The molecule has 0 spiro atoms. The summed E-state index contributed by atoms with van der Waals surface area (Å²) in [6, 6.07) is 19.7. The third-order valence-electron chi connectivity index (χ3n) is 4.83. The maximum absolute atomic E-state index is 12.3. The van der Waals surface area contributed by atoms with E-state index in [0.717, 1.165) is 11.1 Å². The van der Waals surface area contributed by atoms with Crippen LogP contribution in [0.4, 0.5) is 0 Å². The first-order chi connectivity index (χ1) is 10.6. The van der Waals surface area contributed by atoms with E-state index in [1.165, 1.54) is 7.11 Å². The Labute approximate surface area is 130 Å². The number of methoxy groups -OCH3 is 1. The van der Waals surface area contributed by atoms with E-state index in [1.807, 2.05) is 60.7 Å². The maximum Gasteiger partial charge on any atom is 0.310 e. The van der Waals surface area contributed by atoms with Gasteiger partial charge in [-0.25, -0.2) is 0 Å². The molecule has 3 nitrogen and oxygen atoms in total. The first-order valence-corrected chi connectivity index (χ1v) is 7.50. The number of hydrogen-bond donors (Lipinski definition) is 1. The molecule has 0 amide bonds. The smallest absolute Gasteiger partial charge is 0.310 e. The number of aliphatic hydroxyl groups excluding tert-OH is 1. The lowest BCUT2D eigenvalue weighted by Crippen LogP contribution is -2.28. The lowest BCUT2D eigenvalue weighted by Gasteiger charge is -2.22.